The lowest BCUT2D eigenvalue weighted by atomic mass is 10.1. The molecule has 0 saturated carbocycles. The predicted octanol–water partition coefficient (Wildman–Crippen LogP) is 5.03. The summed E-state index contributed by atoms with van der Waals surface area (Å²) in [5.74, 6) is -0.614. The van der Waals surface area contributed by atoms with E-state index in [4.69, 9.17) is 11.6 Å². The van der Waals surface area contributed by atoms with Crippen LogP contribution in [-0.4, -0.2) is 10.8 Å². The fourth-order valence-corrected chi connectivity index (χ4v) is 3.02. The summed E-state index contributed by atoms with van der Waals surface area (Å²) in [7, 11) is 0. The lowest BCUT2D eigenvalue weighted by Gasteiger charge is -2.10. The molecule has 0 aliphatic heterocycles. The fraction of sp³-hybridized carbons (Fsp3) is 0. The normalized spacial score (nSPS) is 10.2. The van der Waals surface area contributed by atoms with Gasteiger partial charge < -0.3 is 5.32 Å². The van der Waals surface area contributed by atoms with Gasteiger partial charge in [-0.3, -0.25) is 14.9 Å². The van der Waals surface area contributed by atoms with Gasteiger partial charge in [-0.25, -0.2) is 0 Å². The second-order valence-electron chi connectivity index (χ2n) is 3.97. The first-order chi connectivity index (χ1) is 9.90. The molecular weight excluding hydrogens is 427 g/mol. The Kier molecular flexibility index (Phi) is 4.97. The van der Waals surface area contributed by atoms with Gasteiger partial charge in [-0.15, -0.1) is 0 Å². The Labute approximate surface area is 141 Å². The van der Waals surface area contributed by atoms with Crippen molar-refractivity contribution in [3.63, 3.8) is 0 Å². The molecular formula is C13H7Br2ClN2O3. The number of halogens is 3. The van der Waals surface area contributed by atoms with Gasteiger partial charge in [-0.05, 0) is 56.1 Å². The Bertz CT molecular complexity index is 717. The molecule has 108 valence electrons. The molecule has 0 aliphatic rings. The Hall–Kier alpha value is -1.44. The van der Waals surface area contributed by atoms with Crippen molar-refractivity contribution in [3.8, 4) is 0 Å². The zero-order valence-electron chi connectivity index (χ0n) is 10.3. The van der Waals surface area contributed by atoms with Crippen LogP contribution in [0.25, 0.3) is 0 Å². The maximum absolute atomic E-state index is 12.3. The molecule has 0 aliphatic carbocycles. The molecule has 2 rings (SSSR count). The molecule has 0 heterocycles. The molecule has 0 spiro atoms. The first-order valence-corrected chi connectivity index (χ1v) is 7.56. The molecule has 1 amide bonds. The lowest BCUT2D eigenvalue weighted by molar-refractivity contribution is -0.385. The molecule has 0 bridgehead atoms. The maximum Gasteiger partial charge on any atom is 0.282 e. The first-order valence-electron chi connectivity index (χ1n) is 5.59. The van der Waals surface area contributed by atoms with Crippen LogP contribution in [0.4, 0.5) is 11.4 Å². The van der Waals surface area contributed by atoms with Crippen LogP contribution >= 0.6 is 43.5 Å². The van der Waals surface area contributed by atoms with Gasteiger partial charge in [0.15, 0.2) is 0 Å². The maximum atomic E-state index is 12.3. The van der Waals surface area contributed by atoms with Crippen LogP contribution < -0.4 is 5.32 Å². The number of nitro groups is 1. The molecule has 0 unspecified atom stereocenters. The van der Waals surface area contributed by atoms with E-state index in [2.05, 4.69) is 37.2 Å². The molecule has 0 aromatic heterocycles. The number of anilines is 1. The molecule has 0 saturated heterocycles. The number of para-hydroxylation sites is 1. The Balaban J connectivity index is 2.41. The lowest BCUT2D eigenvalue weighted by Crippen LogP contribution is -2.14. The minimum Gasteiger partial charge on any atom is -0.320 e. The topological polar surface area (TPSA) is 72.2 Å². The predicted molar refractivity (Wildman–Crippen MR) is 87.9 cm³/mol. The minimum absolute atomic E-state index is 0.102. The minimum atomic E-state index is -0.625. The standard InChI is InChI=1S/C13H7Br2ClN2O3/c14-9-2-1-3-10(15)12(9)17-13(19)8-6-7(16)4-5-11(8)18(20)21/h1-6H,(H,17,19). The zero-order valence-corrected chi connectivity index (χ0v) is 14.2. The summed E-state index contributed by atoms with van der Waals surface area (Å²) >= 11 is 12.4. The highest BCUT2D eigenvalue weighted by molar-refractivity contribution is 9.11. The van der Waals surface area contributed by atoms with E-state index in [0.717, 1.165) is 0 Å². The number of carbonyl (C=O) groups excluding carboxylic acids is 1. The van der Waals surface area contributed by atoms with Crippen molar-refractivity contribution in [2.24, 2.45) is 0 Å². The third-order valence-electron chi connectivity index (χ3n) is 2.60. The summed E-state index contributed by atoms with van der Waals surface area (Å²) < 4.78 is 1.30. The second-order valence-corrected chi connectivity index (χ2v) is 6.11. The van der Waals surface area contributed by atoms with Crippen LogP contribution in [0.1, 0.15) is 10.4 Å². The molecule has 5 nitrogen and oxygen atoms in total. The summed E-state index contributed by atoms with van der Waals surface area (Å²) in [5.41, 5.74) is 0.0759. The first kappa shape index (κ1) is 15.9. The number of benzene rings is 2. The number of carbonyl (C=O) groups is 1. The quantitative estimate of drug-likeness (QED) is 0.544. The van der Waals surface area contributed by atoms with E-state index >= 15 is 0 Å². The Morgan fingerprint density at radius 3 is 2.38 bits per heavy atom. The molecule has 0 atom stereocenters. The molecule has 1 N–H and O–H groups in total. The van der Waals surface area contributed by atoms with E-state index in [0.29, 0.717) is 14.6 Å². The van der Waals surface area contributed by atoms with Crippen LogP contribution in [0.3, 0.4) is 0 Å². The monoisotopic (exact) mass is 432 g/mol. The van der Waals surface area contributed by atoms with Gasteiger partial charge in [0.2, 0.25) is 0 Å². The molecule has 2 aromatic rings. The number of hydrogen-bond donors (Lipinski definition) is 1. The summed E-state index contributed by atoms with van der Waals surface area (Å²) in [4.78, 5) is 22.6. The van der Waals surface area contributed by atoms with E-state index in [1.54, 1.807) is 18.2 Å². The highest BCUT2D eigenvalue weighted by atomic mass is 79.9. The van der Waals surface area contributed by atoms with E-state index < -0.39 is 10.8 Å². The van der Waals surface area contributed by atoms with Crippen LogP contribution in [0.5, 0.6) is 0 Å². The van der Waals surface area contributed by atoms with E-state index in [9.17, 15) is 14.9 Å². The van der Waals surface area contributed by atoms with Gasteiger partial charge in [-0.2, -0.15) is 0 Å². The third-order valence-corrected chi connectivity index (χ3v) is 4.16. The van der Waals surface area contributed by atoms with Crippen LogP contribution in [0.15, 0.2) is 45.3 Å². The van der Waals surface area contributed by atoms with E-state index in [1.165, 1.54) is 18.2 Å². The van der Waals surface area contributed by atoms with Gasteiger partial charge in [-0.1, -0.05) is 17.7 Å². The van der Waals surface area contributed by atoms with Crippen molar-refractivity contribution in [2.75, 3.05) is 5.32 Å². The Morgan fingerprint density at radius 1 is 1.19 bits per heavy atom. The Morgan fingerprint density at radius 2 is 1.81 bits per heavy atom. The molecule has 21 heavy (non-hydrogen) atoms. The smallest absolute Gasteiger partial charge is 0.282 e. The van der Waals surface area contributed by atoms with Gasteiger partial charge in [0.1, 0.15) is 5.56 Å². The van der Waals surface area contributed by atoms with E-state index in [-0.39, 0.29) is 16.3 Å². The van der Waals surface area contributed by atoms with Crippen molar-refractivity contribution >= 4 is 60.7 Å². The summed E-state index contributed by atoms with van der Waals surface area (Å²) in [5, 5.41) is 13.9. The zero-order chi connectivity index (χ0) is 15.6. The number of rotatable bonds is 3. The van der Waals surface area contributed by atoms with Crippen LogP contribution in [-0.2, 0) is 0 Å². The van der Waals surface area contributed by atoms with Gasteiger partial charge in [0, 0.05) is 20.0 Å². The van der Waals surface area contributed by atoms with Crippen LogP contribution in [0, 0.1) is 10.1 Å². The van der Waals surface area contributed by atoms with Crippen molar-refractivity contribution in [2.45, 2.75) is 0 Å². The number of hydrogen-bond acceptors (Lipinski definition) is 3. The molecule has 8 heteroatoms. The van der Waals surface area contributed by atoms with Crippen molar-refractivity contribution < 1.29 is 9.72 Å². The number of nitrogens with zero attached hydrogens (tertiary/aromatic N) is 1. The van der Waals surface area contributed by atoms with Crippen molar-refractivity contribution in [3.05, 3.63) is 66.0 Å². The van der Waals surface area contributed by atoms with Gasteiger partial charge in [0.25, 0.3) is 11.6 Å². The van der Waals surface area contributed by atoms with Crippen molar-refractivity contribution in [1.82, 2.24) is 0 Å². The largest absolute Gasteiger partial charge is 0.320 e. The van der Waals surface area contributed by atoms with Gasteiger partial charge >= 0.3 is 0 Å². The SMILES string of the molecule is O=C(Nc1c(Br)cccc1Br)c1cc(Cl)ccc1[N+](=O)[O-]. The van der Waals surface area contributed by atoms with Gasteiger partial charge in [0.05, 0.1) is 10.6 Å². The second kappa shape index (κ2) is 6.55. The average Bonchev–Trinajstić information content (AvgIpc) is 2.42. The number of nitro benzene ring substituents is 1. The van der Waals surface area contributed by atoms with Crippen molar-refractivity contribution in [1.29, 1.82) is 0 Å². The molecule has 2 aromatic carbocycles. The van der Waals surface area contributed by atoms with E-state index in [1.807, 2.05) is 0 Å². The van der Waals surface area contributed by atoms with Crippen LogP contribution in [0.2, 0.25) is 5.02 Å². The highest BCUT2D eigenvalue weighted by Gasteiger charge is 2.21. The number of nitrogens with one attached hydrogen (secondary N) is 1. The summed E-state index contributed by atoms with van der Waals surface area (Å²) in [6.45, 7) is 0. The molecule has 0 fully saturated rings. The fourth-order valence-electron chi connectivity index (χ4n) is 1.65. The molecule has 0 radical (unpaired) electrons. The third kappa shape index (κ3) is 3.61. The highest BCUT2D eigenvalue weighted by Crippen LogP contribution is 2.32. The summed E-state index contributed by atoms with van der Waals surface area (Å²) in [6, 6.07) is 9.10. The average molecular weight is 434 g/mol. The number of amides is 1. The summed E-state index contributed by atoms with van der Waals surface area (Å²) in [6.07, 6.45) is 0.